The number of rotatable bonds is 1. The van der Waals surface area contributed by atoms with Crippen molar-refractivity contribution in [1.29, 1.82) is 0 Å². The second-order valence-electron chi connectivity index (χ2n) is 4.42. The first-order valence-corrected chi connectivity index (χ1v) is 4.80. The third-order valence-corrected chi connectivity index (χ3v) is 2.40. The fraction of sp³-hybridized carbons (Fsp3) is 0.231. The van der Waals surface area contributed by atoms with Crippen LogP contribution in [0.5, 0.6) is 0 Å². The van der Waals surface area contributed by atoms with Crippen LogP contribution in [-0.4, -0.2) is 21.1 Å². The predicted molar refractivity (Wildman–Crippen MR) is 62.4 cm³/mol. The monoisotopic (exact) mass is 185 g/mol. The Balaban J connectivity index is 2.78. The second-order valence-corrected chi connectivity index (χ2v) is 4.42. The van der Waals surface area contributed by atoms with Gasteiger partial charge in [-0.3, -0.25) is 4.48 Å². The van der Waals surface area contributed by atoms with Gasteiger partial charge in [-0.25, -0.2) is 0 Å². The number of nitrogens with zero attached hydrogens (tertiary/aromatic N) is 1. The SMILES string of the molecule is C[N+](C)(C)c1cccc2ccc[c]c12. The van der Waals surface area contributed by atoms with E-state index >= 15 is 0 Å². The smallest absolute Gasteiger partial charge is 0.140 e. The summed E-state index contributed by atoms with van der Waals surface area (Å²) in [5.41, 5.74) is 1.31. The molecule has 71 valence electrons. The van der Waals surface area contributed by atoms with Crippen molar-refractivity contribution in [3.05, 3.63) is 42.5 Å². The molecule has 2 aromatic rings. The van der Waals surface area contributed by atoms with E-state index in [0.717, 1.165) is 4.48 Å². The molecule has 0 unspecified atom stereocenters. The first kappa shape index (κ1) is 9.22. The highest BCUT2D eigenvalue weighted by atomic mass is 15.3. The van der Waals surface area contributed by atoms with E-state index in [2.05, 4.69) is 51.5 Å². The Morgan fingerprint density at radius 1 is 1.00 bits per heavy atom. The minimum Gasteiger partial charge on any atom is -0.298 e. The van der Waals surface area contributed by atoms with Gasteiger partial charge in [-0.2, -0.15) is 0 Å². The normalized spacial score (nSPS) is 11.9. The molecule has 0 atom stereocenters. The lowest BCUT2D eigenvalue weighted by atomic mass is 10.1. The van der Waals surface area contributed by atoms with Gasteiger partial charge in [-0.15, -0.1) is 0 Å². The van der Waals surface area contributed by atoms with Crippen molar-refractivity contribution in [3.63, 3.8) is 0 Å². The van der Waals surface area contributed by atoms with Crippen molar-refractivity contribution >= 4 is 16.5 Å². The molecule has 0 fully saturated rings. The molecule has 14 heavy (non-hydrogen) atoms. The van der Waals surface area contributed by atoms with Crippen LogP contribution in [-0.2, 0) is 0 Å². The minimum absolute atomic E-state index is 0.831. The fourth-order valence-corrected chi connectivity index (χ4v) is 1.70. The highest BCUT2D eigenvalue weighted by Gasteiger charge is 2.14. The number of fused-ring (bicyclic) bond motifs is 1. The van der Waals surface area contributed by atoms with Crippen LogP contribution < -0.4 is 4.48 Å². The van der Waals surface area contributed by atoms with Crippen LogP contribution in [0.4, 0.5) is 5.69 Å². The number of quaternary nitrogens is 1. The van der Waals surface area contributed by atoms with Gasteiger partial charge >= 0.3 is 0 Å². The van der Waals surface area contributed by atoms with E-state index in [-0.39, 0.29) is 0 Å². The summed E-state index contributed by atoms with van der Waals surface area (Å²) in [7, 11) is 6.53. The van der Waals surface area contributed by atoms with Crippen LogP contribution in [0.2, 0.25) is 0 Å². The van der Waals surface area contributed by atoms with Crippen molar-refractivity contribution in [2.24, 2.45) is 0 Å². The molecule has 0 amide bonds. The van der Waals surface area contributed by atoms with Gasteiger partial charge in [-0.1, -0.05) is 30.3 Å². The van der Waals surface area contributed by atoms with Crippen molar-refractivity contribution in [2.75, 3.05) is 21.1 Å². The Hall–Kier alpha value is -1.34. The summed E-state index contributed by atoms with van der Waals surface area (Å²) in [4.78, 5) is 0. The third-order valence-electron chi connectivity index (χ3n) is 2.40. The van der Waals surface area contributed by atoms with E-state index in [9.17, 15) is 0 Å². The largest absolute Gasteiger partial charge is 0.298 e. The van der Waals surface area contributed by atoms with Crippen LogP contribution >= 0.6 is 0 Å². The van der Waals surface area contributed by atoms with Crippen molar-refractivity contribution in [3.8, 4) is 0 Å². The van der Waals surface area contributed by atoms with Gasteiger partial charge in [0.2, 0.25) is 0 Å². The van der Waals surface area contributed by atoms with Gasteiger partial charge < -0.3 is 0 Å². The highest BCUT2D eigenvalue weighted by molar-refractivity contribution is 5.92. The van der Waals surface area contributed by atoms with Gasteiger partial charge in [0, 0.05) is 0 Å². The van der Waals surface area contributed by atoms with Crippen molar-refractivity contribution in [1.82, 2.24) is 4.48 Å². The van der Waals surface area contributed by atoms with Gasteiger partial charge in [0.15, 0.2) is 0 Å². The fourth-order valence-electron chi connectivity index (χ4n) is 1.70. The quantitative estimate of drug-likeness (QED) is 0.599. The number of hydrogen-bond donors (Lipinski definition) is 0. The zero-order valence-corrected chi connectivity index (χ0v) is 8.91. The molecule has 0 heterocycles. The first-order valence-electron chi connectivity index (χ1n) is 4.80. The standard InChI is InChI=1S/C13H15N/c1-14(2,3)13-10-6-8-11-7-4-5-9-12(11)13/h4-8,10H,1-3H3/q+1. The van der Waals surface area contributed by atoms with E-state index in [4.69, 9.17) is 0 Å². The zero-order valence-electron chi connectivity index (χ0n) is 8.91. The lowest BCUT2D eigenvalue weighted by Gasteiger charge is -2.24. The van der Waals surface area contributed by atoms with Crippen LogP contribution in [0.3, 0.4) is 0 Å². The molecular weight excluding hydrogens is 170 g/mol. The molecule has 0 aliphatic rings. The van der Waals surface area contributed by atoms with Crippen molar-refractivity contribution in [2.45, 2.75) is 0 Å². The molecule has 0 aromatic heterocycles. The lowest BCUT2D eigenvalue weighted by molar-refractivity contribution is 0.490. The van der Waals surface area contributed by atoms with Gasteiger partial charge in [0.25, 0.3) is 0 Å². The summed E-state index contributed by atoms with van der Waals surface area (Å²) in [5, 5.41) is 2.49. The molecule has 2 rings (SSSR count). The Morgan fingerprint density at radius 2 is 1.71 bits per heavy atom. The molecule has 0 saturated carbocycles. The van der Waals surface area contributed by atoms with E-state index in [1.807, 2.05) is 12.1 Å². The Bertz CT molecular complexity index is 447. The number of hydrogen-bond acceptors (Lipinski definition) is 0. The van der Waals surface area contributed by atoms with Gasteiger partial charge in [0.05, 0.1) is 26.5 Å². The van der Waals surface area contributed by atoms with E-state index in [1.165, 1.54) is 16.5 Å². The average molecular weight is 185 g/mol. The summed E-state index contributed by atoms with van der Waals surface area (Å²) in [6, 6.07) is 15.8. The molecule has 0 aliphatic carbocycles. The predicted octanol–water partition coefficient (Wildman–Crippen LogP) is 2.84. The van der Waals surface area contributed by atoms with E-state index in [0.29, 0.717) is 0 Å². The van der Waals surface area contributed by atoms with Gasteiger partial charge in [0.1, 0.15) is 5.69 Å². The summed E-state index contributed by atoms with van der Waals surface area (Å²) < 4.78 is 0.831. The van der Waals surface area contributed by atoms with Crippen molar-refractivity contribution < 1.29 is 0 Å². The molecule has 0 bridgehead atoms. The number of benzene rings is 2. The third kappa shape index (κ3) is 1.51. The molecule has 0 saturated heterocycles. The minimum atomic E-state index is 0.831. The van der Waals surface area contributed by atoms with E-state index < -0.39 is 0 Å². The molecule has 1 heteroatoms. The molecule has 0 spiro atoms. The summed E-state index contributed by atoms with van der Waals surface area (Å²) in [6.45, 7) is 0. The summed E-state index contributed by atoms with van der Waals surface area (Å²) in [6.07, 6.45) is 0. The lowest BCUT2D eigenvalue weighted by Crippen LogP contribution is -2.34. The zero-order chi connectivity index (χ0) is 10.2. The molecule has 0 N–H and O–H groups in total. The van der Waals surface area contributed by atoms with Crippen LogP contribution in [0.15, 0.2) is 36.4 Å². The Morgan fingerprint density at radius 3 is 2.43 bits per heavy atom. The topological polar surface area (TPSA) is 0 Å². The first-order chi connectivity index (χ1) is 6.59. The molecule has 2 aromatic carbocycles. The highest BCUT2D eigenvalue weighted by Crippen LogP contribution is 2.27. The second kappa shape index (κ2) is 3.10. The molecule has 1 radical (unpaired) electrons. The van der Waals surface area contributed by atoms with Crippen LogP contribution in [0, 0.1) is 6.07 Å². The Kier molecular flexibility index (Phi) is 2.05. The Labute approximate surface area is 85.2 Å². The summed E-state index contributed by atoms with van der Waals surface area (Å²) in [5.74, 6) is 0. The van der Waals surface area contributed by atoms with Crippen LogP contribution in [0.1, 0.15) is 0 Å². The van der Waals surface area contributed by atoms with Gasteiger partial charge in [-0.05, 0) is 17.5 Å². The summed E-state index contributed by atoms with van der Waals surface area (Å²) >= 11 is 0. The maximum Gasteiger partial charge on any atom is 0.140 e. The maximum absolute atomic E-state index is 3.31. The molecule has 0 aliphatic heterocycles. The maximum atomic E-state index is 3.31. The van der Waals surface area contributed by atoms with Crippen LogP contribution in [0.25, 0.3) is 10.8 Å². The molecular formula is C13H15N+. The molecule has 1 nitrogen and oxygen atoms in total. The van der Waals surface area contributed by atoms with E-state index in [1.54, 1.807) is 0 Å². The average Bonchev–Trinajstić information content (AvgIpc) is 2.15.